The van der Waals surface area contributed by atoms with Gasteiger partial charge >= 0.3 is 0 Å². The van der Waals surface area contributed by atoms with E-state index in [0.29, 0.717) is 12.8 Å². The topological polar surface area (TPSA) is 38.7 Å². The highest BCUT2D eigenvalue weighted by Crippen LogP contribution is 2.46. The van der Waals surface area contributed by atoms with Crippen LogP contribution in [-0.4, -0.2) is 23.4 Å². The van der Waals surface area contributed by atoms with Gasteiger partial charge in [-0.2, -0.15) is 0 Å². The molecule has 0 amide bonds. The summed E-state index contributed by atoms with van der Waals surface area (Å²) in [4.78, 5) is 0. The number of rotatable bonds is 3. The number of hydrogen-bond acceptors (Lipinski definition) is 3. The second-order valence-corrected chi connectivity index (χ2v) is 6.06. The van der Waals surface area contributed by atoms with Crippen molar-refractivity contribution >= 4 is 0 Å². The maximum absolute atomic E-state index is 11.1. The van der Waals surface area contributed by atoms with Crippen LogP contribution in [0.25, 0.3) is 0 Å². The van der Waals surface area contributed by atoms with Gasteiger partial charge < -0.3 is 14.6 Å². The van der Waals surface area contributed by atoms with Crippen molar-refractivity contribution in [1.82, 2.24) is 0 Å². The minimum absolute atomic E-state index is 0.112. The molecule has 0 saturated carbocycles. The van der Waals surface area contributed by atoms with Crippen LogP contribution in [0.15, 0.2) is 24.3 Å². The fourth-order valence-corrected chi connectivity index (χ4v) is 3.34. The zero-order valence-corrected chi connectivity index (χ0v) is 11.6. The van der Waals surface area contributed by atoms with Crippen molar-refractivity contribution in [3.8, 4) is 5.75 Å². The molecule has 3 rings (SSSR count). The Balaban J connectivity index is 1.92. The zero-order valence-electron chi connectivity index (χ0n) is 11.6. The standard InChI is InChI=1S/C16H22O3/c1-11(2)18-15-6-4-3-5-14(15)16(17)9-12-7-8-13(10-16)19-12/h3-6,11-13,17H,7-10H2,1-2H3. The highest BCUT2D eigenvalue weighted by Gasteiger charge is 2.45. The first-order valence-electron chi connectivity index (χ1n) is 7.21. The highest BCUT2D eigenvalue weighted by atomic mass is 16.5. The molecule has 0 aromatic heterocycles. The molecule has 1 N–H and O–H groups in total. The molecule has 1 aromatic rings. The molecule has 2 heterocycles. The fourth-order valence-electron chi connectivity index (χ4n) is 3.34. The molecule has 0 radical (unpaired) electrons. The number of fused-ring (bicyclic) bond motifs is 2. The third kappa shape index (κ3) is 2.49. The molecule has 2 aliphatic rings. The van der Waals surface area contributed by atoms with E-state index in [1.54, 1.807) is 0 Å². The Morgan fingerprint density at radius 2 is 1.84 bits per heavy atom. The summed E-state index contributed by atoms with van der Waals surface area (Å²) >= 11 is 0. The molecule has 2 atom stereocenters. The third-order valence-electron chi connectivity index (χ3n) is 4.08. The minimum Gasteiger partial charge on any atom is -0.491 e. The molecule has 2 saturated heterocycles. The molecular formula is C16H22O3. The molecule has 1 aromatic carbocycles. The van der Waals surface area contributed by atoms with Crippen molar-refractivity contribution in [1.29, 1.82) is 0 Å². The first-order valence-corrected chi connectivity index (χ1v) is 7.21. The molecule has 2 fully saturated rings. The van der Waals surface area contributed by atoms with Crippen LogP contribution in [0.5, 0.6) is 5.75 Å². The quantitative estimate of drug-likeness (QED) is 0.910. The second-order valence-electron chi connectivity index (χ2n) is 6.06. The molecule has 19 heavy (non-hydrogen) atoms. The Morgan fingerprint density at radius 1 is 1.21 bits per heavy atom. The molecule has 3 nitrogen and oxygen atoms in total. The van der Waals surface area contributed by atoms with Gasteiger partial charge in [-0.3, -0.25) is 0 Å². The van der Waals surface area contributed by atoms with Gasteiger partial charge in [0.25, 0.3) is 0 Å². The third-order valence-corrected chi connectivity index (χ3v) is 4.08. The lowest BCUT2D eigenvalue weighted by Crippen LogP contribution is -2.39. The summed E-state index contributed by atoms with van der Waals surface area (Å²) in [5.41, 5.74) is 0.124. The average molecular weight is 262 g/mol. The van der Waals surface area contributed by atoms with Gasteiger partial charge in [0.1, 0.15) is 5.75 Å². The van der Waals surface area contributed by atoms with Gasteiger partial charge in [0, 0.05) is 18.4 Å². The Bertz CT molecular complexity index is 443. The van der Waals surface area contributed by atoms with Crippen molar-refractivity contribution in [2.45, 2.75) is 63.4 Å². The Hall–Kier alpha value is -1.06. The Labute approximate surface area is 114 Å². The van der Waals surface area contributed by atoms with Crippen LogP contribution in [-0.2, 0) is 10.3 Å². The van der Waals surface area contributed by atoms with Crippen LogP contribution in [0.3, 0.4) is 0 Å². The number of ether oxygens (including phenoxy) is 2. The SMILES string of the molecule is CC(C)Oc1ccccc1C1(O)CC2CCC(C1)O2. The van der Waals surface area contributed by atoms with Gasteiger partial charge in [0.05, 0.1) is 23.9 Å². The number of aliphatic hydroxyl groups is 1. The smallest absolute Gasteiger partial charge is 0.125 e. The highest BCUT2D eigenvalue weighted by molar-refractivity contribution is 5.39. The molecule has 2 unspecified atom stereocenters. The molecule has 2 aliphatic heterocycles. The summed E-state index contributed by atoms with van der Waals surface area (Å²) in [5.74, 6) is 0.807. The van der Waals surface area contributed by atoms with Crippen molar-refractivity contribution < 1.29 is 14.6 Å². The van der Waals surface area contributed by atoms with E-state index in [2.05, 4.69) is 0 Å². The Morgan fingerprint density at radius 3 is 2.47 bits per heavy atom. The van der Waals surface area contributed by atoms with Gasteiger partial charge in [0.2, 0.25) is 0 Å². The van der Waals surface area contributed by atoms with E-state index in [0.717, 1.165) is 24.2 Å². The van der Waals surface area contributed by atoms with E-state index in [9.17, 15) is 5.11 Å². The van der Waals surface area contributed by atoms with E-state index in [1.165, 1.54) is 0 Å². The van der Waals surface area contributed by atoms with Gasteiger partial charge in [-0.1, -0.05) is 18.2 Å². The summed E-state index contributed by atoms with van der Waals surface area (Å²) in [6.07, 6.45) is 4.03. The minimum atomic E-state index is -0.796. The summed E-state index contributed by atoms with van der Waals surface area (Å²) in [6, 6.07) is 7.86. The van der Waals surface area contributed by atoms with E-state index < -0.39 is 5.60 Å². The summed E-state index contributed by atoms with van der Waals surface area (Å²) in [5, 5.41) is 11.1. The molecule has 3 heteroatoms. The fraction of sp³-hybridized carbons (Fsp3) is 0.625. The lowest BCUT2D eigenvalue weighted by atomic mass is 9.83. The largest absolute Gasteiger partial charge is 0.491 e. The first kappa shape index (κ1) is 12.9. The number of hydrogen-bond donors (Lipinski definition) is 1. The van der Waals surface area contributed by atoms with Crippen molar-refractivity contribution in [3.05, 3.63) is 29.8 Å². The lowest BCUT2D eigenvalue weighted by Gasteiger charge is -2.37. The van der Waals surface area contributed by atoms with Gasteiger partial charge in [-0.25, -0.2) is 0 Å². The van der Waals surface area contributed by atoms with E-state index >= 15 is 0 Å². The normalized spacial score (nSPS) is 33.7. The monoisotopic (exact) mass is 262 g/mol. The van der Waals surface area contributed by atoms with Crippen LogP contribution >= 0.6 is 0 Å². The maximum Gasteiger partial charge on any atom is 0.125 e. The molecule has 0 spiro atoms. The van der Waals surface area contributed by atoms with Crippen LogP contribution in [0.4, 0.5) is 0 Å². The second kappa shape index (κ2) is 4.80. The van der Waals surface area contributed by atoms with Crippen molar-refractivity contribution in [2.75, 3.05) is 0 Å². The Kier molecular flexibility index (Phi) is 3.27. The van der Waals surface area contributed by atoms with Crippen molar-refractivity contribution in [2.24, 2.45) is 0 Å². The summed E-state index contributed by atoms with van der Waals surface area (Å²) in [7, 11) is 0. The number of benzene rings is 1. The van der Waals surface area contributed by atoms with Crippen LogP contribution < -0.4 is 4.74 Å². The lowest BCUT2D eigenvalue weighted by molar-refractivity contribution is -0.116. The van der Waals surface area contributed by atoms with Crippen molar-refractivity contribution in [3.63, 3.8) is 0 Å². The van der Waals surface area contributed by atoms with Gasteiger partial charge in [-0.15, -0.1) is 0 Å². The molecule has 0 aliphatic carbocycles. The molecular weight excluding hydrogens is 240 g/mol. The van der Waals surface area contributed by atoms with Gasteiger partial charge in [0.15, 0.2) is 0 Å². The predicted octanol–water partition coefficient (Wildman–Crippen LogP) is 3.00. The summed E-state index contributed by atoms with van der Waals surface area (Å²) in [6.45, 7) is 4.02. The molecule has 2 bridgehead atoms. The predicted molar refractivity (Wildman–Crippen MR) is 73.2 cm³/mol. The van der Waals surface area contributed by atoms with E-state index in [1.807, 2.05) is 38.1 Å². The zero-order chi connectivity index (χ0) is 13.5. The van der Waals surface area contributed by atoms with Crippen LogP contribution in [0.1, 0.15) is 45.1 Å². The van der Waals surface area contributed by atoms with Crippen LogP contribution in [0.2, 0.25) is 0 Å². The van der Waals surface area contributed by atoms with Crippen LogP contribution in [0, 0.1) is 0 Å². The summed E-state index contributed by atoms with van der Waals surface area (Å²) < 4.78 is 11.7. The maximum atomic E-state index is 11.1. The van der Waals surface area contributed by atoms with Gasteiger partial charge in [-0.05, 0) is 32.8 Å². The first-order chi connectivity index (χ1) is 9.07. The van der Waals surface area contributed by atoms with E-state index in [-0.39, 0.29) is 18.3 Å². The molecule has 104 valence electrons. The number of para-hydroxylation sites is 1. The average Bonchev–Trinajstić information content (AvgIpc) is 2.69. The van der Waals surface area contributed by atoms with E-state index in [4.69, 9.17) is 9.47 Å².